The Morgan fingerprint density at radius 3 is 2.29 bits per heavy atom. The lowest BCUT2D eigenvalue weighted by Crippen LogP contribution is -2.94. The molecule has 9 heteroatoms. The van der Waals surface area contributed by atoms with E-state index in [0.29, 0.717) is 37.5 Å². The van der Waals surface area contributed by atoms with Crippen molar-refractivity contribution < 1.29 is 40.4 Å². The van der Waals surface area contributed by atoms with Crippen LogP contribution in [-0.2, 0) is 9.53 Å². The van der Waals surface area contributed by atoms with Gasteiger partial charge in [0, 0.05) is 23.2 Å². The summed E-state index contributed by atoms with van der Waals surface area (Å²) >= 11 is 0. The molecule has 56 heavy (non-hydrogen) atoms. The van der Waals surface area contributed by atoms with Crippen LogP contribution >= 0.6 is 0 Å². The second kappa shape index (κ2) is 14.6. The van der Waals surface area contributed by atoms with E-state index in [-0.39, 0.29) is 53.1 Å². The Bertz CT molecular complexity index is 1500. The number of hydrogen-bond donors (Lipinski definition) is 7. The Kier molecular flexibility index (Phi) is 10.9. The molecule has 318 valence electrons. The second-order valence-electron chi connectivity index (χ2n) is 22.5. The summed E-state index contributed by atoms with van der Waals surface area (Å²) in [6.45, 7) is 11.0. The van der Waals surface area contributed by atoms with Gasteiger partial charge in [-0.3, -0.25) is 10.5 Å². The van der Waals surface area contributed by atoms with Gasteiger partial charge in [-0.15, -0.1) is 0 Å². The standard InChI is InChI=1S/C47H78N2O7/c1-41(28-50,20-15-30-17-22-49-37(48)23-30)45(5,54)40-39(56-40)44(4,53)36-16-21-47(55)34-25-35(52)33-24-32(51)27-46(18-9-10-19-46)43(33,3)38(34)31(26-42(36,47)2)14-13-29-11-7-6-8-12-29/h25,29-33,36-40,49-51,53-55H,6-24,26-28,48H2,1-5H3/p+1. The number of hydrogen-bond acceptors (Lipinski definition) is 8. The molecule has 0 aromatic carbocycles. The number of rotatable bonds is 11. The molecular formula is C47H79N2O7+. The van der Waals surface area contributed by atoms with Crippen LogP contribution in [0.1, 0.15) is 163 Å². The number of quaternary nitrogens is 1. The van der Waals surface area contributed by atoms with Crippen molar-refractivity contribution in [2.45, 2.75) is 204 Å². The zero-order valence-electron chi connectivity index (χ0n) is 35.6. The molecule has 2 saturated heterocycles. The van der Waals surface area contributed by atoms with Crippen LogP contribution in [0.25, 0.3) is 0 Å². The van der Waals surface area contributed by atoms with Gasteiger partial charge in [-0.25, -0.2) is 0 Å². The van der Waals surface area contributed by atoms with Crippen molar-refractivity contribution in [1.29, 1.82) is 0 Å². The number of epoxide rings is 1. The number of ketones is 1. The number of piperidine rings is 1. The van der Waals surface area contributed by atoms with Crippen molar-refractivity contribution in [3.63, 3.8) is 0 Å². The Morgan fingerprint density at radius 1 is 0.893 bits per heavy atom. The van der Waals surface area contributed by atoms with Crippen LogP contribution in [0.2, 0.25) is 0 Å². The number of nitrogens with two attached hydrogens (primary N) is 2. The van der Waals surface area contributed by atoms with E-state index in [1.807, 2.05) is 19.9 Å². The van der Waals surface area contributed by atoms with E-state index in [1.165, 1.54) is 32.1 Å². The maximum absolute atomic E-state index is 14.5. The normalized spacial score (nSPS) is 46.9. The highest BCUT2D eigenvalue weighted by molar-refractivity contribution is 5.95. The molecule has 0 amide bonds. The number of carbonyl (C=O) groups is 1. The molecule has 15 unspecified atom stereocenters. The van der Waals surface area contributed by atoms with Gasteiger partial charge in [0.15, 0.2) is 5.78 Å². The largest absolute Gasteiger partial charge is 0.396 e. The average molecular weight is 784 g/mol. The monoisotopic (exact) mass is 784 g/mol. The van der Waals surface area contributed by atoms with Crippen LogP contribution in [0.5, 0.6) is 0 Å². The molecule has 0 aromatic heterocycles. The van der Waals surface area contributed by atoms with Gasteiger partial charge < -0.3 is 35.6 Å². The van der Waals surface area contributed by atoms with Gasteiger partial charge in [0.25, 0.3) is 0 Å². The first-order valence-electron chi connectivity index (χ1n) is 23.3. The molecule has 8 aliphatic rings. The van der Waals surface area contributed by atoms with Gasteiger partial charge in [-0.2, -0.15) is 0 Å². The predicted molar refractivity (Wildman–Crippen MR) is 216 cm³/mol. The maximum atomic E-state index is 14.5. The molecule has 6 aliphatic carbocycles. The molecule has 2 aliphatic heterocycles. The fraction of sp³-hybridized carbons (Fsp3) is 0.936. The van der Waals surface area contributed by atoms with Crippen molar-refractivity contribution in [1.82, 2.24) is 0 Å². The number of fused-ring (bicyclic) bond motifs is 6. The minimum Gasteiger partial charge on any atom is -0.396 e. The summed E-state index contributed by atoms with van der Waals surface area (Å²) in [6.07, 6.45) is 19.9. The van der Waals surface area contributed by atoms with Crippen LogP contribution in [0, 0.1) is 57.2 Å². The lowest BCUT2D eigenvalue weighted by molar-refractivity contribution is -0.699. The molecule has 9 N–H and O–H groups in total. The molecule has 9 nitrogen and oxygen atoms in total. The van der Waals surface area contributed by atoms with Crippen molar-refractivity contribution in [2.24, 2.45) is 62.9 Å². The Labute approximate surface area is 337 Å². The summed E-state index contributed by atoms with van der Waals surface area (Å²) in [5, 5.41) is 62.9. The lowest BCUT2D eigenvalue weighted by atomic mass is 9.37. The second-order valence-corrected chi connectivity index (χ2v) is 22.5. The van der Waals surface area contributed by atoms with E-state index in [2.05, 4.69) is 19.2 Å². The van der Waals surface area contributed by atoms with Gasteiger partial charge in [0.1, 0.15) is 18.4 Å². The fourth-order valence-corrected chi connectivity index (χ4v) is 16.0. The molecule has 2 heterocycles. The first kappa shape index (κ1) is 41.8. The summed E-state index contributed by atoms with van der Waals surface area (Å²) in [4.78, 5) is 14.5. The maximum Gasteiger partial charge on any atom is 0.159 e. The van der Waals surface area contributed by atoms with E-state index in [4.69, 9.17) is 10.5 Å². The topological polar surface area (TPSA) is 173 Å². The number of aliphatic hydroxyl groups excluding tert-OH is 2. The highest BCUT2D eigenvalue weighted by Crippen LogP contribution is 2.75. The first-order valence-corrected chi connectivity index (χ1v) is 23.3. The van der Waals surface area contributed by atoms with Crippen LogP contribution < -0.4 is 11.1 Å². The van der Waals surface area contributed by atoms with Crippen molar-refractivity contribution in [2.75, 3.05) is 13.2 Å². The lowest BCUT2D eigenvalue weighted by Gasteiger charge is -2.67. The molecule has 0 bridgehead atoms. The minimum atomic E-state index is -1.39. The zero-order chi connectivity index (χ0) is 40.1. The number of aliphatic hydroxyl groups is 5. The van der Waals surface area contributed by atoms with Crippen LogP contribution in [0.4, 0.5) is 0 Å². The zero-order valence-corrected chi connectivity index (χ0v) is 35.6. The smallest absolute Gasteiger partial charge is 0.159 e. The predicted octanol–water partition coefficient (Wildman–Crippen LogP) is 5.28. The molecular weight excluding hydrogens is 705 g/mol. The Morgan fingerprint density at radius 2 is 1.61 bits per heavy atom. The Balaban J connectivity index is 1.10. The summed E-state index contributed by atoms with van der Waals surface area (Å²) in [5.41, 5.74) is 1.18. The van der Waals surface area contributed by atoms with Crippen molar-refractivity contribution in [3.05, 3.63) is 11.6 Å². The average Bonchev–Trinajstić information content (AvgIpc) is 3.78. The van der Waals surface area contributed by atoms with Crippen LogP contribution in [0.3, 0.4) is 0 Å². The third kappa shape index (κ3) is 6.31. The van der Waals surface area contributed by atoms with Crippen molar-refractivity contribution >= 4 is 5.78 Å². The molecule has 7 fully saturated rings. The number of ether oxygens (including phenoxy) is 1. The van der Waals surface area contributed by atoms with Gasteiger partial charge in [-0.1, -0.05) is 72.1 Å². The van der Waals surface area contributed by atoms with Gasteiger partial charge in [-0.05, 0) is 137 Å². The van der Waals surface area contributed by atoms with Crippen molar-refractivity contribution in [3.8, 4) is 0 Å². The molecule has 0 aromatic rings. The summed E-state index contributed by atoms with van der Waals surface area (Å²) < 4.78 is 6.40. The number of carbonyl (C=O) groups excluding carboxylic acids is 1. The molecule has 8 rings (SSSR count). The first-order chi connectivity index (χ1) is 26.4. The van der Waals surface area contributed by atoms with E-state index >= 15 is 0 Å². The summed E-state index contributed by atoms with van der Waals surface area (Å²) in [5.74, 6) is 1.01. The van der Waals surface area contributed by atoms with Crippen LogP contribution in [0.15, 0.2) is 11.6 Å². The minimum absolute atomic E-state index is 0.0636. The highest BCUT2D eigenvalue weighted by Gasteiger charge is 2.76. The van der Waals surface area contributed by atoms with E-state index < -0.39 is 45.9 Å². The molecule has 15 atom stereocenters. The highest BCUT2D eigenvalue weighted by atomic mass is 16.6. The summed E-state index contributed by atoms with van der Waals surface area (Å²) in [6, 6.07) is 0. The van der Waals surface area contributed by atoms with Gasteiger partial charge >= 0.3 is 0 Å². The third-order valence-electron chi connectivity index (χ3n) is 19.7. The summed E-state index contributed by atoms with van der Waals surface area (Å²) in [7, 11) is 0. The molecule has 1 spiro atoms. The van der Waals surface area contributed by atoms with Gasteiger partial charge in [0.2, 0.25) is 0 Å². The Hall–Kier alpha value is -0.910. The molecule has 0 radical (unpaired) electrons. The van der Waals surface area contributed by atoms with Gasteiger partial charge in [0.05, 0.1) is 36.1 Å². The van der Waals surface area contributed by atoms with E-state index in [0.717, 1.165) is 82.7 Å². The quantitative estimate of drug-likeness (QED) is 0.139. The fourth-order valence-electron chi connectivity index (χ4n) is 16.0. The van der Waals surface area contributed by atoms with E-state index in [1.54, 1.807) is 6.92 Å². The van der Waals surface area contributed by atoms with E-state index in [9.17, 15) is 30.3 Å². The number of allylic oxidation sites excluding steroid dienone is 1. The molecule has 5 saturated carbocycles. The SMILES string of the molecule is CC(O)(C1OC1C(C)(O)C(C)(CO)CCC1CC[NH2+]C(N)C1)C1CCC2(O)C3=CC(=O)C4CC(O)CC5(CCCC5)C4(C)C3C(CCC3CCCCC3)CC12C. The van der Waals surface area contributed by atoms with Crippen LogP contribution in [-0.4, -0.2) is 85.7 Å². The third-order valence-corrected chi connectivity index (χ3v) is 19.7.